The van der Waals surface area contributed by atoms with Crippen LogP contribution in [0.25, 0.3) is 6.08 Å². The Morgan fingerprint density at radius 3 is 2.27 bits per heavy atom. The predicted molar refractivity (Wildman–Crippen MR) is 135 cm³/mol. The van der Waals surface area contributed by atoms with Crippen molar-refractivity contribution in [3.63, 3.8) is 0 Å². The molecule has 0 unspecified atom stereocenters. The van der Waals surface area contributed by atoms with Crippen LogP contribution in [0.1, 0.15) is 11.1 Å². The molecule has 0 bridgehead atoms. The number of carbonyl (C=O) groups excluding carboxylic acids is 3. The minimum Gasteiger partial charge on any atom is -0.489 e. The van der Waals surface area contributed by atoms with Crippen molar-refractivity contribution in [2.45, 2.75) is 6.61 Å². The van der Waals surface area contributed by atoms with Gasteiger partial charge in [0, 0.05) is 3.57 Å². The first kappa shape index (κ1) is 23.3. The van der Waals surface area contributed by atoms with Crippen molar-refractivity contribution in [1.29, 1.82) is 0 Å². The molecular weight excluding hydrogens is 578 g/mol. The average Bonchev–Trinajstić information content (AvgIpc) is 2.79. The zero-order chi connectivity index (χ0) is 23.5. The highest BCUT2D eigenvalue weighted by atomic mass is 127. The molecule has 166 valence electrons. The number of barbiturate groups is 1. The van der Waals surface area contributed by atoms with Gasteiger partial charge >= 0.3 is 6.03 Å². The molecule has 0 spiro atoms. The van der Waals surface area contributed by atoms with Crippen LogP contribution >= 0.6 is 45.8 Å². The molecule has 3 aromatic carbocycles. The molecule has 6 nitrogen and oxygen atoms in total. The summed E-state index contributed by atoms with van der Waals surface area (Å²) in [6.45, 7) is 0.416. The zero-order valence-electron chi connectivity index (χ0n) is 16.8. The second-order valence-electron chi connectivity index (χ2n) is 7.04. The summed E-state index contributed by atoms with van der Waals surface area (Å²) in [6.07, 6.45) is 1.41. The van der Waals surface area contributed by atoms with Gasteiger partial charge in [-0.15, -0.1) is 0 Å². The van der Waals surface area contributed by atoms with E-state index < -0.39 is 17.8 Å². The lowest BCUT2D eigenvalue weighted by molar-refractivity contribution is -0.122. The molecule has 9 heteroatoms. The Hall–Kier alpha value is -2.88. The molecular formula is C24H15Cl2IN2O4. The lowest BCUT2D eigenvalue weighted by atomic mass is 10.1. The number of benzene rings is 3. The number of ether oxygens (including phenoxy) is 1. The Kier molecular flexibility index (Phi) is 7.02. The first-order chi connectivity index (χ1) is 15.8. The van der Waals surface area contributed by atoms with Gasteiger partial charge in [-0.05, 0) is 82.3 Å². The number of urea groups is 1. The molecule has 33 heavy (non-hydrogen) atoms. The SMILES string of the molecule is O=C1NC(=O)N(c2ccc(Cl)c(Cl)c2)C(=O)/C1=C/c1ccc(OCc2ccc(I)cc2)cc1. The van der Waals surface area contributed by atoms with Crippen LogP contribution in [0.15, 0.2) is 72.3 Å². The molecule has 1 aliphatic heterocycles. The van der Waals surface area contributed by atoms with E-state index in [0.717, 1.165) is 14.0 Å². The minimum absolute atomic E-state index is 0.179. The fraction of sp³-hybridized carbons (Fsp3) is 0.0417. The number of amides is 4. The molecule has 1 heterocycles. The molecule has 4 amide bonds. The standard InChI is InChI=1S/C24H15Cl2IN2O4/c25-20-10-7-17(12-21(20)26)29-23(31)19(22(30)28-24(29)32)11-14-3-8-18(9-4-14)33-13-15-1-5-16(27)6-2-15/h1-12H,13H2,(H,28,30,32)/b19-11+. The largest absolute Gasteiger partial charge is 0.489 e. The van der Waals surface area contributed by atoms with Crippen LogP contribution in [0, 0.1) is 3.57 Å². The van der Waals surface area contributed by atoms with Crippen molar-refractivity contribution in [3.8, 4) is 5.75 Å². The Morgan fingerprint density at radius 1 is 0.909 bits per heavy atom. The fourth-order valence-corrected chi connectivity index (χ4v) is 3.74. The fourth-order valence-electron chi connectivity index (χ4n) is 3.09. The molecule has 1 saturated heterocycles. The molecule has 4 rings (SSSR count). The Balaban J connectivity index is 1.52. The van der Waals surface area contributed by atoms with Gasteiger partial charge in [0.25, 0.3) is 11.8 Å². The number of hydrogen-bond donors (Lipinski definition) is 1. The van der Waals surface area contributed by atoms with Crippen LogP contribution in [-0.4, -0.2) is 17.8 Å². The zero-order valence-corrected chi connectivity index (χ0v) is 20.5. The van der Waals surface area contributed by atoms with Gasteiger partial charge in [-0.1, -0.05) is 47.5 Å². The van der Waals surface area contributed by atoms with Crippen LogP contribution in [0.5, 0.6) is 5.75 Å². The molecule has 0 aliphatic carbocycles. The van der Waals surface area contributed by atoms with Crippen LogP contribution < -0.4 is 15.0 Å². The van der Waals surface area contributed by atoms with Gasteiger partial charge in [-0.3, -0.25) is 14.9 Å². The van der Waals surface area contributed by atoms with E-state index in [1.807, 2.05) is 24.3 Å². The first-order valence-electron chi connectivity index (χ1n) is 9.65. The summed E-state index contributed by atoms with van der Waals surface area (Å²) in [7, 11) is 0. The van der Waals surface area contributed by atoms with Gasteiger partial charge in [0.1, 0.15) is 17.9 Å². The van der Waals surface area contributed by atoms with Crippen molar-refractivity contribution in [2.75, 3.05) is 4.90 Å². The maximum Gasteiger partial charge on any atom is 0.335 e. The molecule has 1 aliphatic rings. The molecule has 0 saturated carbocycles. The number of carbonyl (C=O) groups is 3. The highest BCUT2D eigenvalue weighted by Crippen LogP contribution is 2.29. The lowest BCUT2D eigenvalue weighted by Gasteiger charge is -2.26. The number of imide groups is 2. The third-order valence-corrected chi connectivity index (χ3v) is 6.23. The summed E-state index contributed by atoms with van der Waals surface area (Å²) in [5.41, 5.74) is 1.65. The third kappa shape index (κ3) is 5.38. The van der Waals surface area contributed by atoms with E-state index in [9.17, 15) is 14.4 Å². The van der Waals surface area contributed by atoms with Crippen LogP contribution in [0.2, 0.25) is 10.0 Å². The smallest absolute Gasteiger partial charge is 0.335 e. The van der Waals surface area contributed by atoms with Crippen molar-refractivity contribution in [1.82, 2.24) is 5.32 Å². The van der Waals surface area contributed by atoms with Gasteiger partial charge in [0.15, 0.2) is 0 Å². The summed E-state index contributed by atoms with van der Waals surface area (Å²) in [5, 5.41) is 2.63. The number of halogens is 3. The van der Waals surface area contributed by atoms with Gasteiger partial charge in [-0.2, -0.15) is 0 Å². The van der Waals surface area contributed by atoms with Gasteiger partial charge < -0.3 is 4.74 Å². The number of anilines is 1. The topological polar surface area (TPSA) is 75.7 Å². The Bertz CT molecular complexity index is 1270. The number of rotatable bonds is 5. The number of nitrogens with zero attached hydrogens (tertiary/aromatic N) is 1. The van der Waals surface area contributed by atoms with Crippen molar-refractivity contribution in [3.05, 3.63) is 97.0 Å². The van der Waals surface area contributed by atoms with Crippen LogP contribution in [0.3, 0.4) is 0 Å². The van der Waals surface area contributed by atoms with E-state index in [0.29, 0.717) is 17.9 Å². The van der Waals surface area contributed by atoms with E-state index in [1.54, 1.807) is 24.3 Å². The van der Waals surface area contributed by atoms with Crippen LogP contribution in [-0.2, 0) is 16.2 Å². The van der Waals surface area contributed by atoms with E-state index in [4.69, 9.17) is 27.9 Å². The van der Waals surface area contributed by atoms with Crippen molar-refractivity contribution < 1.29 is 19.1 Å². The highest BCUT2D eigenvalue weighted by molar-refractivity contribution is 14.1. The Morgan fingerprint density at radius 2 is 1.61 bits per heavy atom. The van der Waals surface area contributed by atoms with E-state index in [1.165, 1.54) is 24.3 Å². The predicted octanol–water partition coefficient (Wildman–Crippen LogP) is 5.84. The van der Waals surface area contributed by atoms with E-state index in [2.05, 4.69) is 27.9 Å². The molecule has 0 radical (unpaired) electrons. The number of hydrogen-bond acceptors (Lipinski definition) is 4. The maximum absolute atomic E-state index is 13.0. The quantitative estimate of drug-likeness (QED) is 0.229. The minimum atomic E-state index is -0.861. The second kappa shape index (κ2) is 9.94. The lowest BCUT2D eigenvalue weighted by Crippen LogP contribution is -2.54. The Labute approximate surface area is 213 Å². The van der Waals surface area contributed by atoms with E-state index >= 15 is 0 Å². The second-order valence-corrected chi connectivity index (χ2v) is 9.10. The van der Waals surface area contributed by atoms with Crippen molar-refractivity contribution >= 4 is 75.4 Å². The highest BCUT2D eigenvalue weighted by Gasteiger charge is 2.37. The van der Waals surface area contributed by atoms with Crippen molar-refractivity contribution in [2.24, 2.45) is 0 Å². The number of nitrogens with one attached hydrogen (secondary N) is 1. The van der Waals surface area contributed by atoms with Gasteiger partial charge in [0.05, 0.1) is 15.7 Å². The molecule has 0 atom stereocenters. The van der Waals surface area contributed by atoms with E-state index in [-0.39, 0.29) is 21.3 Å². The monoisotopic (exact) mass is 592 g/mol. The third-order valence-electron chi connectivity index (χ3n) is 4.77. The molecule has 3 aromatic rings. The summed E-state index contributed by atoms with van der Waals surface area (Å²) in [6, 6.07) is 18.4. The van der Waals surface area contributed by atoms with Crippen LogP contribution in [0.4, 0.5) is 10.5 Å². The average molecular weight is 593 g/mol. The summed E-state index contributed by atoms with van der Waals surface area (Å²) in [5.74, 6) is -0.899. The summed E-state index contributed by atoms with van der Waals surface area (Å²) < 4.78 is 6.93. The first-order valence-corrected chi connectivity index (χ1v) is 11.5. The summed E-state index contributed by atoms with van der Waals surface area (Å²) in [4.78, 5) is 38.5. The maximum atomic E-state index is 13.0. The van der Waals surface area contributed by atoms with Gasteiger partial charge in [-0.25, -0.2) is 9.69 Å². The molecule has 0 aromatic heterocycles. The molecule has 1 fully saturated rings. The van der Waals surface area contributed by atoms with Gasteiger partial charge in [0.2, 0.25) is 0 Å². The normalized spacial score (nSPS) is 15.1. The summed E-state index contributed by atoms with van der Waals surface area (Å²) >= 11 is 14.2. The molecule has 1 N–H and O–H groups in total.